The van der Waals surface area contributed by atoms with Crippen LogP contribution in [0.3, 0.4) is 0 Å². The molecule has 145 valence electrons. The Hall–Kier alpha value is -3.68. The molecule has 4 aromatic carbocycles. The number of hydrogen-bond donors (Lipinski definition) is 0. The molecule has 1 atom stereocenters. The van der Waals surface area contributed by atoms with Crippen LogP contribution in [0.1, 0.15) is 31.8 Å². The van der Waals surface area contributed by atoms with Gasteiger partial charge in [-0.15, -0.1) is 0 Å². The van der Waals surface area contributed by atoms with Gasteiger partial charge in [0.15, 0.2) is 11.6 Å². The van der Waals surface area contributed by atoms with E-state index < -0.39 is 7.80 Å². The van der Waals surface area contributed by atoms with E-state index in [0.717, 1.165) is 0 Å². The highest BCUT2D eigenvalue weighted by atomic mass is 31.1. The van der Waals surface area contributed by atoms with Crippen LogP contribution in [-0.4, -0.2) is 11.6 Å². The average molecular weight is 409 g/mol. The van der Waals surface area contributed by atoms with Crippen LogP contribution in [0.25, 0.3) is 0 Å². The minimum absolute atomic E-state index is 0.197. The van der Waals surface area contributed by atoms with E-state index in [1.807, 2.05) is 18.2 Å². The van der Waals surface area contributed by atoms with Crippen molar-refractivity contribution in [2.24, 2.45) is 0 Å². The molecule has 0 aliphatic carbocycles. The first-order chi connectivity index (χ1) is 14.7. The number of rotatable bonds is 6. The summed E-state index contributed by atoms with van der Waals surface area (Å²) in [5.41, 5.74) is 1.38. The molecule has 30 heavy (non-hydrogen) atoms. The van der Waals surface area contributed by atoms with Crippen LogP contribution < -0.4 is 10.6 Å². The van der Waals surface area contributed by atoms with Gasteiger partial charge in [0.25, 0.3) is 0 Å². The van der Waals surface area contributed by atoms with Gasteiger partial charge in [-0.1, -0.05) is 91.0 Å². The van der Waals surface area contributed by atoms with Crippen LogP contribution in [0.5, 0.6) is 0 Å². The van der Waals surface area contributed by atoms with Crippen molar-refractivity contribution in [3.63, 3.8) is 0 Å². The Morgan fingerprint density at radius 2 is 1.03 bits per heavy atom. The van der Waals surface area contributed by atoms with E-state index in [0.29, 0.717) is 21.7 Å². The number of carbonyl (C=O) groups is 2. The molecule has 0 spiro atoms. The molecule has 1 unspecified atom stereocenters. The van der Waals surface area contributed by atoms with Gasteiger partial charge in [0.2, 0.25) is 0 Å². The number of carbonyl (C=O) groups excluding carboxylic acids is 2. The fraction of sp³-hybridized carbons (Fsp3) is 0. The molecule has 1 radical (unpaired) electrons. The summed E-state index contributed by atoms with van der Waals surface area (Å²) in [5.74, 6) is -0.585. The van der Waals surface area contributed by atoms with E-state index >= 15 is 0 Å². The van der Waals surface area contributed by atoms with Gasteiger partial charge >= 0.3 is 0 Å². The normalized spacial score (nSPS) is 11.0. The molecule has 0 fully saturated rings. The third-order valence-corrected chi connectivity index (χ3v) is 6.37. The minimum Gasteiger partial charge on any atom is -0.289 e. The third-order valence-electron chi connectivity index (χ3n) is 4.80. The lowest BCUT2D eigenvalue weighted by Gasteiger charge is -2.13. The fourth-order valence-electron chi connectivity index (χ4n) is 3.32. The first kappa shape index (κ1) is 19.6. The lowest BCUT2D eigenvalue weighted by Crippen LogP contribution is -2.22. The molecule has 4 aromatic rings. The summed E-state index contributed by atoms with van der Waals surface area (Å²) in [6, 6.07) is 31.5. The van der Waals surface area contributed by atoms with Crippen LogP contribution >= 0.6 is 7.80 Å². The van der Waals surface area contributed by atoms with E-state index in [1.165, 1.54) is 0 Å². The van der Waals surface area contributed by atoms with Crippen LogP contribution in [0, 0.1) is 0 Å². The quantitative estimate of drug-likeness (QED) is 0.335. The Kier molecular flexibility index (Phi) is 5.74. The van der Waals surface area contributed by atoms with Crippen molar-refractivity contribution < 1.29 is 14.2 Å². The van der Waals surface area contributed by atoms with Crippen LogP contribution in [0.15, 0.2) is 109 Å². The van der Waals surface area contributed by atoms with Crippen molar-refractivity contribution >= 4 is 30.0 Å². The molecule has 0 saturated carbocycles. The van der Waals surface area contributed by atoms with E-state index in [9.17, 15) is 14.2 Å². The predicted molar refractivity (Wildman–Crippen MR) is 120 cm³/mol. The first-order valence-corrected chi connectivity index (χ1v) is 10.8. The maximum absolute atomic E-state index is 13.5. The van der Waals surface area contributed by atoms with E-state index in [2.05, 4.69) is 0 Å². The SMILES string of the molecule is O=C(c1ccccc1)c1cccc([P](=O)c2ccccc2)c1C(=O)c1ccccc1. The zero-order valence-corrected chi connectivity index (χ0v) is 17.0. The predicted octanol–water partition coefficient (Wildman–Crippen LogP) is 4.93. The highest BCUT2D eigenvalue weighted by Crippen LogP contribution is 2.27. The second kappa shape index (κ2) is 8.77. The second-order valence-corrected chi connectivity index (χ2v) is 8.31. The number of ketones is 2. The molecule has 0 bridgehead atoms. The molecule has 4 rings (SSSR count). The molecule has 0 heterocycles. The van der Waals surface area contributed by atoms with Gasteiger partial charge in [-0.2, -0.15) is 0 Å². The average Bonchev–Trinajstić information content (AvgIpc) is 2.84. The summed E-state index contributed by atoms with van der Waals surface area (Å²) in [4.78, 5) is 26.7. The van der Waals surface area contributed by atoms with E-state index in [1.54, 1.807) is 91.0 Å². The van der Waals surface area contributed by atoms with Crippen molar-refractivity contribution in [2.75, 3.05) is 0 Å². The number of hydrogen-bond acceptors (Lipinski definition) is 3. The lowest BCUT2D eigenvalue weighted by atomic mass is 9.93. The molecule has 0 aromatic heterocycles. The van der Waals surface area contributed by atoms with Crippen molar-refractivity contribution in [1.82, 2.24) is 0 Å². The lowest BCUT2D eigenvalue weighted by molar-refractivity contribution is 0.100. The highest BCUT2D eigenvalue weighted by Gasteiger charge is 2.26. The van der Waals surface area contributed by atoms with E-state index in [4.69, 9.17) is 0 Å². The maximum Gasteiger partial charge on any atom is 0.194 e. The molecule has 0 aliphatic rings. The fourth-order valence-corrected chi connectivity index (χ4v) is 4.69. The van der Waals surface area contributed by atoms with Crippen LogP contribution in [0.4, 0.5) is 0 Å². The van der Waals surface area contributed by atoms with Crippen molar-refractivity contribution in [1.29, 1.82) is 0 Å². The zero-order chi connectivity index (χ0) is 20.9. The Bertz CT molecular complexity index is 1150. The van der Waals surface area contributed by atoms with Crippen LogP contribution in [-0.2, 0) is 4.57 Å². The first-order valence-electron chi connectivity index (χ1n) is 9.51. The van der Waals surface area contributed by atoms with Gasteiger partial charge in [0.1, 0.15) is 7.80 Å². The molecular formula is C26H18O3P. The topological polar surface area (TPSA) is 51.2 Å². The molecule has 3 nitrogen and oxygen atoms in total. The molecule has 0 N–H and O–H groups in total. The van der Waals surface area contributed by atoms with Gasteiger partial charge in [0, 0.05) is 32.9 Å². The molecule has 0 saturated heterocycles. The van der Waals surface area contributed by atoms with Gasteiger partial charge in [-0.3, -0.25) is 14.2 Å². The van der Waals surface area contributed by atoms with Gasteiger partial charge < -0.3 is 0 Å². The molecule has 4 heteroatoms. The monoisotopic (exact) mass is 409 g/mol. The summed E-state index contributed by atoms with van der Waals surface area (Å²) in [6.07, 6.45) is 0. The summed E-state index contributed by atoms with van der Waals surface area (Å²) in [6.45, 7) is 0. The Morgan fingerprint density at radius 3 is 1.60 bits per heavy atom. The zero-order valence-electron chi connectivity index (χ0n) is 16.1. The smallest absolute Gasteiger partial charge is 0.194 e. The highest BCUT2D eigenvalue weighted by molar-refractivity contribution is 7.61. The van der Waals surface area contributed by atoms with Crippen molar-refractivity contribution in [3.8, 4) is 0 Å². The summed E-state index contributed by atoms with van der Waals surface area (Å²) in [5, 5.41) is 0.978. The summed E-state index contributed by atoms with van der Waals surface area (Å²) >= 11 is 0. The second-order valence-electron chi connectivity index (χ2n) is 6.72. The largest absolute Gasteiger partial charge is 0.289 e. The van der Waals surface area contributed by atoms with Crippen molar-refractivity contribution in [2.45, 2.75) is 0 Å². The molecular weight excluding hydrogens is 391 g/mol. The standard InChI is InChI=1S/C26H18O3P/c27-25(19-11-4-1-5-12-19)22-17-10-18-23(30(29)21-15-8-3-9-16-21)24(22)26(28)20-13-6-2-7-14-20/h1-18H. The van der Waals surface area contributed by atoms with Gasteiger partial charge in [0.05, 0.1) is 0 Å². The van der Waals surface area contributed by atoms with Crippen LogP contribution in [0.2, 0.25) is 0 Å². The number of benzene rings is 4. The molecule has 0 aliphatic heterocycles. The minimum atomic E-state index is -2.05. The Balaban J connectivity index is 1.92. The Morgan fingerprint density at radius 1 is 0.533 bits per heavy atom. The van der Waals surface area contributed by atoms with Gasteiger partial charge in [-0.25, -0.2) is 0 Å². The summed E-state index contributed by atoms with van der Waals surface area (Å²) in [7, 11) is -2.05. The van der Waals surface area contributed by atoms with Crippen molar-refractivity contribution in [3.05, 3.63) is 131 Å². The summed E-state index contributed by atoms with van der Waals surface area (Å²) < 4.78 is 13.4. The molecule has 0 amide bonds. The van der Waals surface area contributed by atoms with Gasteiger partial charge in [-0.05, 0) is 18.2 Å². The maximum atomic E-state index is 13.5. The third kappa shape index (κ3) is 3.89. The van der Waals surface area contributed by atoms with E-state index in [-0.39, 0.29) is 22.7 Å². The Labute approximate surface area is 175 Å².